The average molecular weight is 340 g/mol. The summed E-state index contributed by atoms with van der Waals surface area (Å²) in [6.45, 7) is 0.878. The fourth-order valence-corrected chi connectivity index (χ4v) is 3.91. The number of nitrogens with one attached hydrogen (secondary N) is 1. The molecule has 0 bridgehead atoms. The molecular weight excluding hydrogens is 322 g/mol. The number of hydrogen-bond donors (Lipinski definition) is 1. The first-order valence-corrected chi connectivity index (χ1v) is 8.81. The zero-order valence-electron chi connectivity index (χ0n) is 12.5. The van der Waals surface area contributed by atoms with Crippen LogP contribution in [0.5, 0.6) is 0 Å². The highest BCUT2D eigenvalue weighted by Gasteiger charge is 2.26. The van der Waals surface area contributed by atoms with E-state index >= 15 is 0 Å². The quantitative estimate of drug-likeness (QED) is 0.934. The molecule has 0 saturated carbocycles. The van der Waals surface area contributed by atoms with Crippen molar-refractivity contribution in [2.75, 3.05) is 27.2 Å². The van der Waals surface area contributed by atoms with Gasteiger partial charge in [-0.25, -0.2) is 0 Å². The third-order valence-electron chi connectivity index (χ3n) is 3.95. The summed E-state index contributed by atoms with van der Waals surface area (Å²) in [6, 6.07) is 5.74. The molecule has 0 atom stereocenters. The van der Waals surface area contributed by atoms with Gasteiger partial charge in [-0.1, -0.05) is 17.7 Å². The standard InChI is InChI=1S/C15H18ClN3O2S/c1-18(2)22(20,21)19-7-5-11(6-8-19)14-10-17-15-4-3-12(16)9-13(14)15/h3-5,9-10,17H,6-8H2,1-2H3. The molecule has 0 amide bonds. The Morgan fingerprint density at radius 2 is 2.09 bits per heavy atom. The van der Waals surface area contributed by atoms with Crippen LogP contribution >= 0.6 is 11.6 Å². The molecular formula is C15H18ClN3O2S. The van der Waals surface area contributed by atoms with Gasteiger partial charge in [0.25, 0.3) is 10.2 Å². The number of aromatic nitrogens is 1. The molecule has 22 heavy (non-hydrogen) atoms. The van der Waals surface area contributed by atoms with Crippen molar-refractivity contribution in [2.45, 2.75) is 6.42 Å². The Morgan fingerprint density at radius 3 is 2.73 bits per heavy atom. The number of halogens is 1. The smallest absolute Gasteiger partial charge is 0.281 e. The minimum Gasteiger partial charge on any atom is -0.361 e. The summed E-state index contributed by atoms with van der Waals surface area (Å²) in [6.07, 6.45) is 4.63. The van der Waals surface area contributed by atoms with E-state index in [1.807, 2.05) is 30.5 Å². The second-order valence-electron chi connectivity index (χ2n) is 5.52. The normalized spacial score (nSPS) is 17.2. The maximum Gasteiger partial charge on any atom is 0.281 e. The molecule has 1 aliphatic rings. The molecule has 118 valence electrons. The summed E-state index contributed by atoms with van der Waals surface area (Å²) in [5.41, 5.74) is 3.28. The summed E-state index contributed by atoms with van der Waals surface area (Å²) in [7, 11) is -0.245. The maximum absolute atomic E-state index is 12.1. The molecule has 1 aromatic carbocycles. The van der Waals surface area contributed by atoms with Crippen LogP contribution in [0.3, 0.4) is 0 Å². The number of fused-ring (bicyclic) bond motifs is 1. The molecule has 1 aromatic heterocycles. The van der Waals surface area contributed by atoms with Gasteiger partial charge in [0.2, 0.25) is 0 Å². The summed E-state index contributed by atoms with van der Waals surface area (Å²) in [4.78, 5) is 3.23. The molecule has 0 fully saturated rings. The topological polar surface area (TPSA) is 56.4 Å². The Bertz CT molecular complexity index is 840. The molecule has 2 aromatic rings. The predicted molar refractivity (Wildman–Crippen MR) is 90.1 cm³/mol. The molecule has 3 rings (SSSR count). The number of hydrogen-bond acceptors (Lipinski definition) is 2. The van der Waals surface area contributed by atoms with E-state index in [-0.39, 0.29) is 0 Å². The van der Waals surface area contributed by atoms with Gasteiger partial charge in [-0.2, -0.15) is 17.0 Å². The first-order valence-electron chi connectivity index (χ1n) is 7.03. The van der Waals surface area contributed by atoms with Gasteiger partial charge in [-0.15, -0.1) is 0 Å². The Balaban J connectivity index is 1.91. The predicted octanol–water partition coefficient (Wildman–Crippen LogP) is 2.72. The second-order valence-corrected chi connectivity index (χ2v) is 8.10. The van der Waals surface area contributed by atoms with Crippen LogP contribution in [-0.4, -0.2) is 49.2 Å². The lowest BCUT2D eigenvalue weighted by atomic mass is 10.00. The van der Waals surface area contributed by atoms with E-state index in [0.717, 1.165) is 22.0 Å². The van der Waals surface area contributed by atoms with Crippen LogP contribution < -0.4 is 0 Å². The van der Waals surface area contributed by atoms with E-state index < -0.39 is 10.2 Å². The minimum atomic E-state index is -3.35. The zero-order chi connectivity index (χ0) is 15.9. The molecule has 0 radical (unpaired) electrons. The molecule has 7 heteroatoms. The Labute approximate surface area is 135 Å². The van der Waals surface area contributed by atoms with Gasteiger partial charge < -0.3 is 4.98 Å². The van der Waals surface area contributed by atoms with Gasteiger partial charge in [0.1, 0.15) is 0 Å². The summed E-state index contributed by atoms with van der Waals surface area (Å²) in [5, 5.41) is 1.77. The number of rotatable bonds is 3. The van der Waals surface area contributed by atoms with E-state index in [0.29, 0.717) is 24.5 Å². The Hall–Kier alpha value is -1.34. The highest BCUT2D eigenvalue weighted by molar-refractivity contribution is 7.86. The molecule has 1 N–H and O–H groups in total. The first kappa shape index (κ1) is 15.6. The van der Waals surface area contributed by atoms with Crippen molar-refractivity contribution in [3.8, 4) is 0 Å². The first-order chi connectivity index (χ1) is 10.4. The van der Waals surface area contributed by atoms with Gasteiger partial charge in [-0.05, 0) is 30.2 Å². The lowest BCUT2D eigenvalue weighted by Gasteiger charge is -2.28. The van der Waals surface area contributed by atoms with E-state index in [2.05, 4.69) is 4.98 Å². The maximum atomic E-state index is 12.1. The molecule has 2 heterocycles. The van der Waals surface area contributed by atoms with Crippen molar-refractivity contribution in [1.82, 2.24) is 13.6 Å². The number of nitrogens with zero attached hydrogens (tertiary/aromatic N) is 2. The van der Waals surface area contributed by atoms with Crippen LogP contribution in [0.25, 0.3) is 16.5 Å². The summed E-state index contributed by atoms with van der Waals surface area (Å²) < 4.78 is 27.0. The second kappa shape index (κ2) is 5.70. The van der Waals surface area contributed by atoms with Gasteiger partial charge >= 0.3 is 0 Å². The van der Waals surface area contributed by atoms with E-state index in [9.17, 15) is 8.42 Å². The van der Waals surface area contributed by atoms with Gasteiger partial charge in [0.15, 0.2) is 0 Å². The highest BCUT2D eigenvalue weighted by atomic mass is 35.5. The molecule has 0 unspecified atom stereocenters. The van der Waals surface area contributed by atoms with Crippen molar-refractivity contribution >= 4 is 38.3 Å². The number of benzene rings is 1. The fourth-order valence-electron chi connectivity index (χ4n) is 2.69. The third kappa shape index (κ3) is 2.67. The van der Waals surface area contributed by atoms with Gasteiger partial charge in [0, 0.05) is 54.9 Å². The average Bonchev–Trinajstić information content (AvgIpc) is 2.90. The van der Waals surface area contributed by atoms with Crippen molar-refractivity contribution in [1.29, 1.82) is 0 Å². The van der Waals surface area contributed by atoms with Gasteiger partial charge in [-0.3, -0.25) is 0 Å². The van der Waals surface area contributed by atoms with Crippen LogP contribution in [0.15, 0.2) is 30.5 Å². The van der Waals surface area contributed by atoms with Gasteiger partial charge in [0.05, 0.1) is 0 Å². The lowest BCUT2D eigenvalue weighted by Crippen LogP contribution is -2.42. The fraction of sp³-hybridized carbons (Fsp3) is 0.333. The monoisotopic (exact) mass is 339 g/mol. The Morgan fingerprint density at radius 1 is 1.32 bits per heavy atom. The van der Waals surface area contributed by atoms with Crippen molar-refractivity contribution in [3.63, 3.8) is 0 Å². The summed E-state index contributed by atoms with van der Waals surface area (Å²) >= 11 is 6.08. The van der Waals surface area contributed by atoms with E-state index in [1.165, 1.54) is 8.61 Å². The lowest BCUT2D eigenvalue weighted by molar-refractivity contribution is 0.397. The van der Waals surface area contributed by atoms with Crippen LogP contribution in [0.1, 0.15) is 12.0 Å². The largest absolute Gasteiger partial charge is 0.361 e. The Kier molecular flexibility index (Phi) is 4.03. The van der Waals surface area contributed by atoms with Crippen molar-refractivity contribution in [2.24, 2.45) is 0 Å². The third-order valence-corrected chi connectivity index (χ3v) is 6.09. The molecule has 5 nitrogen and oxygen atoms in total. The molecule has 0 aliphatic carbocycles. The number of H-pyrrole nitrogens is 1. The molecule has 1 aliphatic heterocycles. The highest BCUT2D eigenvalue weighted by Crippen LogP contribution is 2.31. The van der Waals surface area contributed by atoms with Crippen LogP contribution in [0.4, 0.5) is 0 Å². The van der Waals surface area contributed by atoms with Crippen LogP contribution in [0.2, 0.25) is 5.02 Å². The van der Waals surface area contributed by atoms with Crippen LogP contribution in [0, 0.1) is 0 Å². The minimum absolute atomic E-state index is 0.392. The molecule has 0 saturated heterocycles. The SMILES string of the molecule is CN(C)S(=O)(=O)N1CC=C(c2c[nH]c3ccc(Cl)cc23)CC1. The van der Waals surface area contributed by atoms with E-state index in [4.69, 9.17) is 11.6 Å². The summed E-state index contributed by atoms with van der Waals surface area (Å²) in [5.74, 6) is 0. The van der Waals surface area contributed by atoms with Crippen molar-refractivity contribution < 1.29 is 8.42 Å². The van der Waals surface area contributed by atoms with Crippen LogP contribution in [-0.2, 0) is 10.2 Å². The zero-order valence-corrected chi connectivity index (χ0v) is 14.1. The molecule has 0 spiro atoms. The van der Waals surface area contributed by atoms with Crippen molar-refractivity contribution in [3.05, 3.63) is 41.1 Å². The van der Waals surface area contributed by atoms with E-state index in [1.54, 1.807) is 14.1 Å². The number of aromatic amines is 1.